The summed E-state index contributed by atoms with van der Waals surface area (Å²) < 4.78 is 50.1. The van der Waals surface area contributed by atoms with E-state index in [1.54, 1.807) is 5.38 Å². The third kappa shape index (κ3) is 6.17. The van der Waals surface area contributed by atoms with Crippen molar-refractivity contribution in [1.29, 1.82) is 0 Å². The number of rotatable bonds is 8. The van der Waals surface area contributed by atoms with E-state index in [1.165, 1.54) is 49.8 Å². The smallest absolute Gasteiger partial charge is 0.406 e. The lowest BCUT2D eigenvalue weighted by Gasteiger charge is -2.13. The first-order chi connectivity index (χ1) is 12.3. The van der Waals surface area contributed by atoms with E-state index in [4.69, 9.17) is 9.47 Å². The van der Waals surface area contributed by atoms with Crippen molar-refractivity contribution in [3.63, 3.8) is 0 Å². The normalized spacial score (nSPS) is 11.5. The van der Waals surface area contributed by atoms with E-state index in [0.29, 0.717) is 10.8 Å². The number of benzene rings is 1. The fourth-order valence-electron chi connectivity index (χ4n) is 1.83. The number of hydrogen-bond acceptors (Lipinski definition) is 7. The number of anilines is 2. The summed E-state index contributed by atoms with van der Waals surface area (Å²) in [6.07, 6.45) is -5.30. The first-order valence-electron chi connectivity index (χ1n) is 7.23. The predicted octanol–water partition coefficient (Wildman–Crippen LogP) is 3.13. The Balaban J connectivity index is 1.92. The quantitative estimate of drug-likeness (QED) is 0.673. The summed E-state index contributed by atoms with van der Waals surface area (Å²) in [6, 6.07) is 5.16. The van der Waals surface area contributed by atoms with Crippen LogP contribution in [0.3, 0.4) is 0 Å². The maximum atomic E-state index is 12.1. The van der Waals surface area contributed by atoms with Crippen molar-refractivity contribution < 1.29 is 32.2 Å². The van der Waals surface area contributed by atoms with E-state index in [9.17, 15) is 18.0 Å². The number of nitrogens with one attached hydrogen (secondary N) is 2. The molecule has 1 aromatic carbocycles. The van der Waals surface area contributed by atoms with E-state index in [-0.39, 0.29) is 18.0 Å². The highest BCUT2D eigenvalue weighted by Gasteiger charge is 2.30. The van der Waals surface area contributed by atoms with Crippen LogP contribution in [0.4, 0.5) is 24.0 Å². The van der Waals surface area contributed by atoms with Gasteiger partial charge in [-0.1, -0.05) is 0 Å². The van der Waals surface area contributed by atoms with E-state index in [1.807, 2.05) is 0 Å². The number of carbonyl (C=O) groups is 1. The summed E-state index contributed by atoms with van der Waals surface area (Å²) in [5.41, 5.74) is 0.695. The number of amides is 1. The SMILES string of the molecule is COC(CNC(=O)c1csc(Nc2ccc(OC(F)(F)F)cc2)n1)OC. The molecular formula is C15H16F3N3O4S. The summed E-state index contributed by atoms with van der Waals surface area (Å²) in [4.78, 5) is 16.1. The van der Waals surface area contributed by atoms with Crippen LogP contribution >= 0.6 is 11.3 Å². The molecule has 142 valence electrons. The van der Waals surface area contributed by atoms with Gasteiger partial charge in [0, 0.05) is 25.3 Å². The molecule has 0 bridgehead atoms. The van der Waals surface area contributed by atoms with Crippen LogP contribution in [0.2, 0.25) is 0 Å². The highest BCUT2D eigenvalue weighted by Crippen LogP contribution is 2.26. The van der Waals surface area contributed by atoms with Crippen LogP contribution in [0.1, 0.15) is 10.5 Å². The number of aromatic nitrogens is 1. The van der Waals surface area contributed by atoms with Crippen LogP contribution in [0, 0.1) is 0 Å². The molecule has 1 heterocycles. The van der Waals surface area contributed by atoms with E-state index < -0.39 is 18.6 Å². The number of ether oxygens (including phenoxy) is 3. The van der Waals surface area contributed by atoms with Gasteiger partial charge in [-0.05, 0) is 24.3 Å². The second kappa shape index (κ2) is 8.83. The van der Waals surface area contributed by atoms with Crippen molar-refractivity contribution >= 4 is 28.1 Å². The van der Waals surface area contributed by atoms with Gasteiger partial charge in [0.2, 0.25) is 0 Å². The van der Waals surface area contributed by atoms with Crippen molar-refractivity contribution in [2.24, 2.45) is 0 Å². The van der Waals surface area contributed by atoms with Gasteiger partial charge in [-0.3, -0.25) is 4.79 Å². The average Bonchev–Trinajstić information content (AvgIpc) is 3.05. The van der Waals surface area contributed by atoms with E-state index >= 15 is 0 Å². The molecular weight excluding hydrogens is 375 g/mol. The number of carbonyl (C=O) groups excluding carboxylic acids is 1. The van der Waals surface area contributed by atoms with Gasteiger partial charge in [0.1, 0.15) is 11.4 Å². The van der Waals surface area contributed by atoms with Crippen LogP contribution in [0.5, 0.6) is 5.75 Å². The minimum Gasteiger partial charge on any atom is -0.406 e. The molecule has 0 aliphatic carbocycles. The maximum absolute atomic E-state index is 12.1. The Hall–Kier alpha value is -2.37. The minimum absolute atomic E-state index is 0.160. The molecule has 7 nitrogen and oxygen atoms in total. The molecule has 2 aromatic rings. The molecule has 11 heteroatoms. The van der Waals surface area contributed by atoms with Crippen LogP contribution in [0.25, 0.3) is 0 Å². The largest absolute Gasteiger partial charge is 0.573 e. The highest BCUT2D eigenvalue weighted by molar-refractivity contribution is 7.14. The van der Waals surface area contributed by atoms with Gasteiger partial charge in [-0.15, -0.1) is 24.5 Å². The Bertz CT molecular complexity index is 718. The summed E-state index contributed by atoms with van der Waals surface area (Å²) in [5.74, 6) is -0.726. The summed E-state index contributed by atoms with van der Waals surface area (Å²) in [6.45, 7) is 0.160. The Morgan fingerprint density at radius 3 is 2.46 bits per heavy atom. The standard InChI is InChI=1S/C15H16F3N3O4S/c1-23-12(24-2)7-19-13(22)11-8-26-14(21-11)20-9-3-5-10(6-4-9)25-15(16,17)18/h3-6,8,12H,7H2,1-2H3,(H,19,22)(H,20,21). The van der Waals surface area contributed by atoms with Gasteiger partial charge < -0.3 is 24.8 Å². The van der Waals surface area contributed by atoms with Gasteiger partial charge in [0.05, 0.1) is 6.54 Å². The molecule has 1 aromatic heterocycles. The van der Waals surface area contributed by atoms with Crippen molar-refractivity contribution in [3.8, 4) is 5.75 Å². The van der Waals surface area contributed by atoms with Gasteiger partial charge in [-0.2, -0.15) is 0 Å². The Morgan fingerprint density at radius 1 is 1.23 bits per heavy atom. The molecule has 0 saturated carbocycles. The number of methoxy groups -OCH3 is 2. The van der Waals surface area contributed by atoms with Gasteiger partial charge >= 0.3 is 6.36 Å². The van der Waals surface area contributed by atoms with Crippen molar-refractivity contribution in [2.45, 2.75) is 12.7 Å². The Morgan fingerprint density at radius 2 is 1.88 bits per heavy atom. The number of hydrogen-bond donors (Lipinski definition) is 2. The van der Waals surface area contributed by atoms with Crippen molar-refractivity contribution in [2.75, 3.05) is 26.1 Å². The lowest BCUT2D eigenvalue weighted by molar-refractivity contribution is -0.274. The van der Waals surface area contributed by atoms with Crippen LogP contribution in [0.15, 0.2) is 29.6 Å². The van der Waals surface area contributed by atoms with Crippen LogP contribution in [-0.4, -0.2) is 44.3 Å². The topological polar surface area (TPSA) is 81.7 Å². The third-order valence-corrected chi connectivity index (χ3v) is 3.79. The average molecular weight is 391 g/mol. The fourth-order valence-corrected chi connectivity index (χ4v) is 2.54. The van der Waals surface area contributed by atoms with Gasteiger partial charge in [0.15, 0.2) is 11.4 Å². The zero-order valence-electron chi connectivity index (χ0n) is 13.8. The van der Waals surface area contributed by atoms with Crippen LogP contribution < -0.4 is 15.4 Å². The van der Waals surface area contributed by atoms with Crippen LogP contribution in [-0.2, 0) is 9.47 Å². The number of nitrogens with zero attached hydrogens (tertiary/aromatic N) is 1. The maximum Gasteiger partial charge on any atom is 0.573 e. The zero-order valence-corrected chi connectivity index (χ0v) is 14.6. The molecule has 0 fully saturated rings. The van der Waals surface area contributed by atoms with Gasteiger partial charge in [0.25, 0.3) is 5.91 Å². The molecule has 26 heavy (non-hydrogen) atoms. The molecule has 0 aliphatic rings. The van der Waals surface area contributed by atoms with Gasteiger partial charge in [-0.25, -0.2) is 4.98 Å². The number of thiazole rings is 1. The third-order valence-electron chi connectivity index (χ3n) is 3.03. The molecule has 2 rings (SSSR count). The zero-order chi connectivity index (χ0) is 19.2. The molecule has 2 N–H and O–H groups in total. The second-order valence-electron chi connectivity index (χ2n) is 4.85. The van der Waals surface area contributed by atoms with E-state index in [0.717, 1.165) is 0 Å². The number of alkyl halides is 3. The molecule has 0 radical (unpaired) electrons. The predicted molar refractivity (Wildman–Crippen MR) is 88.7 cm³/mol. The molecule has 0 aliphatic heterocycles. The molecule has 0 unspecified atom stereocenters. The minimum atomic E-state index is -4.74. The molecule has 1 amide bonds. The first kappa shape index (κ1) is 19.9. The molecule has 0 atom stereocenters. The fraction of sp³-hybridized carbons (Fsp3) is 0.333. The van der Waals surface area contributed by atoms with E-state index in [2.05, 4.69) is 20.4 Å². The molecule has 0 spiro atoms. The summed E-state index contributed by atoms with van der Waals surface area (Å²) in [5, 5.41) is 7.47. The first-order valence-corrected chi connectivity index (χ1v) is 8.11. The molecule has 0 saturated heterocycles. The summed E-state index contributed by atoms with van der Waals surface area (Å²) in [7, 11) is 2.91. The summed E-state index contributed by atoms with van der Waals surface area (Å²) >= 11 is 1.18. The highest BCUT2D eigenvalue weighted by atomic mass is 32.1. The lowest BCUT2D eigenvalue weighted by atomic mass is 10.3. The Kier molecular flexibility index (Phi) is 6.77. The monoisotopic (exact) mass is 391 g/mol. The lowest BCUT2D eigenvalue weighted by Crippen LogP contribution is -2.34. The number of halogens is 3. The second-order valence-corrected chi connectivity index (χ2v) is 5.70. The Labute approximate surface area is 151 Å². The van der Waals surface area contributed by atoms with Crippen molar-refractivity contribution in [3.05, 3.63) is 35.3 Å². The van der Waals surface area contributed by atoms with Crippen molar-refractivity contribution in [1.82, 2.24) is 10.3 Å².